The van der Waals surface area contributed by atoms with Crippen molar-refractivity contribution >= 4 is 0 Å². The Kier molecular flexibility index (Phi) is 5.42. The van der Waals surface area contributed by atoms with E-state index in [-0.39, 0.29) is 6.61 Å². The number of aryl methyl sites for hydroxylation is 1. The van der Waals surface area contributed by atoms with E-state index in [4.69, 9.17) is 9.63 Å². The summed E-state index contributed by atoms with van der Waals surface area (Å²) >= 11 is 0. The Bertz CT molecular complexity index is 297. The molecule has 5 heteroatoms. The van der Waals surface area contributed by atoms with Crippen molar-refractivity contribution in [2.24, 2.45) is 0 Å². The van der Waals surface area contributed by atoms with E-state index in [1.54, 1.807) is 6.92 Å². The molecular formula is C11H21N3O2. The molecule has 0 spiro atoms. The molecule has 1 heterocycles. The van der Waals surface area contributed by atoms with Gasteiger partial charge in [0, 0.05) is 12.6 Å². The first-order valence-electron chi connectivity index (χ1n) is 5.85. The molecule has 0 atom stereocenters. The molecule has 0 unspecified atom stereocenters. The predicted octanol–water partition coefficient (Wildman–Crippen LogP) is 1.36. The molecule has 1 rings (SSSR count). The highest BCUT2D eigenvalue weighted by Crippen LogP contribution is 2.12. The van der Waals surface area contributed by atoms with E-state index >= 15 is 0 Å². The SMILES string of the molecule is CCC(CC)N(CCO)Cc1nc(C)no1. The van der Waals surface area contributed by atoms with E-state index in [1.807, 2.05) is 0 Å². The van der Waals surface area contributed by atoms with Gasteiger partial charge in [-0.2, -0.15) is 4.98 Å². The Balaban J connectivity index is 2.63. The Hall–Kier alpha value is -0.940. The van der Waals surface area contributed by atoms with Gasteiger partial charge in [0.05, 0.1) is 13.2 Å². The third-order valence-corrected chi connectivity index (χ3v) is 2.75. The molecule has 0 aliphatic rings. The lowest BCUT2D eigenvalue weighted by Crippen LogP contribution is -2.36. The minimum atomic E-state index is 0.156. The zero-order valence-corrected chi connectivity index (χ0v) is 10.3. The summed E-state index contributed by atoms with van der Waals surface area (Å²) in [5, 5.41) is 12.8. The Morgan fingerprint density at radius 3 is 2.50 bits per heavy atom. The van der Waals surface area contributed by atoms with Crippen LogP contribution in [0, 0.1) is 6.92 Å². The third kappa shape index (κ3) is 3.57. The van der Waals surface area contributed by atoms with Gasteiger partial charge >= 0.3 is 0 Å². The molecule has 1 N–H and O–H groups in total. The molecule has 92 valence electrons. The lowest BCUT2D eigenvalue weighted by Gasteiger charge is -2.28. The van der Waals surface area contributed by atoms with Crippen LogP contribution in [0.15, 0.2) is 4.52 Å². The van der Waals surface area contributed by atoms with Gasteiger partial charge in [-0.25, -0.2) is 0 Å². The van der Waals surface area contributed by atoms with Crippen molar-refractivity contribution in [3.8, 4) is 0 Å². The largest absolute Gasteiger partial charge is 0.395 e. The van der Waals surface area contributed by atoms with E-state index in [0.717, 1.165) is 12.8 Å². The van der Waals surface area contributed by atoms with Crippen LogP contribution in [0.2, 0.25) is 0 Å². The second-order valence-corrected chi connectivity index (χ2v) is 3.90. The van der Waals surface area contributed by atoms with Crippen molar-refractivity contribution in [3.05, 3.63) is 11.7 Å². The van der Waals surface area contributed by atoms with Crippen molar-refractivity contribution in [2.45, 2.75) is 46.2 Å². The number of aliphatic hydroxyl groups excluding tert-OH is 1. The lowest BCUT2D eigenvalue weighted by molar-refractivity contribution is 0.122. The number of nitrogens with zero attached hydrogens (tertiary/aromatic N) is 3. The first-order valence-corrected chi connectivity index (χ1v) is 5.85. The van der Waals surface area contributed by atoms with Crippen LogP contribution in [-0.2, 0) is 6.54 Å². The number of hydrogen-bond acceptors (Lipinski definition) is 5. The summed E-state index contributed by atoms with van der Waals surface area (Å²) in [5.74, 6) is 1.28. The van der Waals surface area contributed by atoms with Crippen LogP contribution in [-0.4, -0.2) is 39.3 Å². The normalized spacial score (nSPS) is 11.6. The summed E-state index contributed by atoms with van der Waals surface area (Å²) in [4.78, 5) is 6.37. The fourth-order valence-electron chi connectivity index (χ4n) is 1.90. The van der Waals surface area contributed by atoms with Gasteiger partial charge < -0.3 is 9.63 Å². The van der Waals surface area contributed by atoms with Crippen LogP contribution in [0.4, 0.5) is 0 Å². The highest BCUT2D eigenvalue weighted by Gasteiger charge is 2.17. The smallest absolute Gasteiger partial charge is 0.240 e. The molecule has 0 amide bonds. The van der Waals surface area contributed by atoms with Crippen molar-refractivity contribution in [1.29, 1.82) is 0 Å². The Labute approximate surface area is 96.5 Å². The van der Waals surface area contributed by atoms with Gasteiger partial charge in [-0.3, -0.25) is 4.90 Å². The van der Waals surface area contributed by atoms with Gasteiger partial charge in [0.15, 0.2) is 5.82 Å². The van der Waals surface area contributed by atoms with Gasteiger partial charge in [0.25, 0.3) is 0 Å². The number of aliphatic hydroxyl groups is 1. The minimum absolute atomic E-state index is 0.156. The maximum absolute atomic E-state index is 9.05. The average Bonchev–Trinajstić information content (AvgIpc) is 2.66. The van der Waals surface area contributed by atoms with Gasteiger partial charge in [0.2, 0.25) is 5.89 Å². The summed E-state index contributed by atoms with van der Waals surface area (Å²) in [5.41, 5.74) is 0. The number of rotatable bonds is 7. The first-order chi connectivity index (χ1) is 7.71. The van der Waals surface area contributed by atoms with Crippen LogP contribution in [0.3, 0.4) is 0 Å². The summed E-state index contributed by atoms with van der Waals surface area (Å²) in [6, 6.07) is 0.458. The zero-order valence-electron chi connectivity index (χ0n) is 10.3. The van der Waals surface area contributed by atoms with E-state index in [9.17, 15) is 0 Å². The number of hydrogen-bond donors (Lipinski definition) is 1. The van der Waals surface area contributed by atoms with E-state index in [2.05, 4.69) is 28.9 Å². The van der Waals surface area contributed by atoms with Crippen LogP contribution in [0.1, 0.15) is 38.4 Å². The van der Waals surface area contributed by atoms with Gasteiger partial charge in [-0.05, 0) is 19.8 Å². The molecule has 0 aromatic carbocycles. The van der Waals surface area contributed by atoms with Gasteiger partial charge in [-0.15, -0.1) is 0 Å². The van der Waals surface area contributed by atoms with Crippen LogP contribution in [0.25, 0.3) is 0 Å². The predicted molar refractivity (Wildman–Crippen MR) is 60.9 cm³/mol. The lowest BCUT2D eigenvalue weighted by atomic mass is 10.1. The monoisotopic (exact) mass is 227 g/mol. The summed E-state index contributed by atoms with van der Waals surface area (Å²) < 4.78 is 5.10. The minimum Gasteiger partial charge on any atom is -0.395 e. The fourth-order valence-corrected chi connectivity index (χ4v) is 1.90. The maximum atomic E-state index is 9.05. The molecular weight excluding hydrogens is 206 g/mol. The van der Waals surface area contributed by atoms with Gasteiger partial charge in [-0.1, -0.05) is 19.0 Å². The second-order valence-electron chi connectivity index (χ2n) is 3.90. The molecule has 0 saturated carbocycles. The summed E-state index contributed by atoms with van der Waals surface area (Å²) in [6.45, 7) is 7.53. The molecule has 1 aromatic heterocycles. The van der Waals surface area contributed by atoms with Crippen LogP contribution >= 0.6 is 0 Å². The highest BCUT2D eigenvalue weighted by atomic mass is 16.5. The van der Waals surface area contributed by atoms with Crippen LogP contribution < -0.4 is 0 Å². The molecule has 1 aromatic rings. The molecule has 0 bridgehead atoms. The van der Waals surface area contributed by atoms with E-state index in [1.165, 1.54) is 0 Å². The van der Waals surface area contributed by atoms with Gasteiger partial charge in [0.1, 0.15) is 0 Å². The molecule has 16 heavy (non-hydrogen) atoms. The maximum Gasteiger partial charge on any atom is 0.240 e. The van der Waals surface area contributed by atoms with Crippen molar-refractivity contribution in [1.82, 2.24) is 15.0 Å². The molecule has 0 aliphatic heterocycles. The van der Waals surface area contributed by atoms with Crippen molar-refractivity contribution in [3.63, 3.8) is 0 Å². The Morgan fingerprint density at radius 2 is 2.06 bits per heavy atom. The average molecular weight is 227 g/mol. The Morgan fingerprint density at radius 1 is 1.38 bits per heavy atom. The van der Waals surface area contributed by atoms with E-state index < -0.39 is 0 Å². The van der Waals surface area contributed by atoms with Crippen molar-refractivity contribution < 1.29 is 9.63 Å². The van der Waals surface area contributed by atoms with Crippen molar-refractivity contribution in [2.75, 3.05) is 13.2 Å². The topological polar surface area (TPSA) is 62.4 Å². The highest BCUT2D eigenvalue weighted by molar-refractivity contribution is 4.84. The summed E-state index contributed by atoms with van der Waals surface area (Å²) in [7, 11) is 0. The standard InChI is InChI=1S/C11H21N3O2/c1-4-10(5-2)14(6-7-15)8-11-12-9(3)13-16-11/h10,15H,4-8H2,1-3H3. The molecule has 0 saturated heterocycles. The molecule has 0 radical (unpaired) electrons. The molecule has 5 nitrogen and oxygen atoms in total. The first kappa shape index (κ1) is 13.1. The summed E-state index contributed by atoms with van der Waals surface area (Å²) in [6.07, 6.45) is 2.12. The second kappa shape index (κ2) is 6.60. The number of aromatic nitrogens is 2. The third-order valence-electron chi connectivity index (χ3n) is 2.75. The quantitative estimate of drug-likeness (QED) is 0.762. The molecule has 0 aliphatic carbocycles. The fraction of sp³-hybridized carbons (Fsp3) is 0.818. The zero-order chi connectivity index (χ0) is 12.0. The van der Waals surface area contributed by atoms with E-state index in [0.29, 0.717) is 30.8 Å². The molecule has 0 fully saturated rings. The van der Waals surface area contributed by atoms with Crippen LogP contribution in [0.5, 0.6) is 0 Å².